The molecule has 12 heteroatoms. The predicted molar refractivity (Wildman–Crippen MR) is 163 cm³/mol. The van der Waals surface area contributed by atoms with Gasteiger partial charge in [0.15, 0.2) is 0 Å². The molecular formula is C32H37F2N7O3. The third kappa shape index (κ3) is 6.96. The highest BCUT2D eigenvalue weighted by Gasteiger charge is 2.28. The van der Waals surface area contributed by atoms with Crippen molar-refractivity contribution in [2.45, 2.75) is 59.0 Å². The molecule has 0 bridgehead atoms. The zero-order valence-corrected chi connectivity index (χ0v) is 25.1. The second-order valence-corrected chi connectivity index (χ2v) is 11.0. The van der Waals surface area contributed by atoms with Crippen LogP contribution in [0.15, 0.2) is 65.9 Å². The minimum atomic E-state index is -0.676. The number of hydrogen-bond donors (Lipinski definition) is 1. The van der Waals surface area contributed by atoms with E-state index >= 15 is 0 Å². The Balaban J connectivity index is 1.26. The Morgan fingerprint density at radius 3 is 2.80 bits per heavy atom. The monoisotopic (exact) mass is 605 g/mol. The van der Waals surface area contributed by atoms with Gasteiger partial charge in [-0.3, -0.25) is 4.90 Å². The number of likely N-dealkylation sites (tertiary alicyclic amines) is 1. The van der Waals surface area contributed by atoms with Crippen LogP contribution in [-0.4, -0.2) is 55.9 Å². The maximum absolute atomic E-state index is 13.8. The van der Waals surface area contributed by atoms with E-state index in [2.05, 4.69) is 38.0 Å². The number of aryl methyl sites for hydroxylation is 1. The molecule has 2 atom stereocenters. The molecule has 3 heterocycles. The van der Waals surface area contributed by atoms with Crippen LogP contribution in [0.3, 0.4) is 0 Å². The molecule has 1 aliphatic rings. The van der Waals surface area contributed by atoms with Gasteiger partial charge in [0.2, 0.25) is 0 Å². The van der Waals surface area contributed by atoms with Crippen LogP contribution < -0.4 is 5.73 Å². The standard InChI is InChI=1S/C32H37F2N7O3/c1-4-39-20-36-16-26(39)17-41-30-14-23(32(42)43-3)6-8-29(30)38-31(41)18-40-12-10-22(13-21(40)2)28(35)9-11-37-44-19-24-5-7-25(33)15-27(24)34/h5-9,11,14-16,20-22H,4,10,12-13,17-19,35H2,1-3H3/b28-9-,37-11+. The lowest BCUT2D eigenvalue weighted by Crippen LogP contribution is -2.42. The highest BCUT2D eigenvalue weighted by atomic mass is 19.1. The van der Waals surface area contributed by atoms with Crippen LogP contribution in [0.4, 0.5) is 8.78 Å². The van der Waals surface area contributed by atoms with Gasteiger partial charge in [-0.25, -0.2) is 23.5 Å². The number of hydrogen-bond acceptors (Lipinski definition) is 8. The van der Waals surface area contributed by atoms with Gasteiger partial charge in [0.05, 0.1) is 55.0 Å². The van der Waals surface area contributed by atoms with Gasteiger partial charge in [-0.05, 0) is 69.6 Å². The summed E-state index contributed by atoms with van der Waals surface area (Å²) in [6.07, 6.45) is 8.57. The van der Waals surface area contributed by atoms with E-state index in [1.807, 2.05) is 24.7 Å². The number of methoxy groups -OCH3 is 1. The Morgan fingerprint density at radius 2 is 2.05 bits per heavy atom. The summed E-state index contributed by atoms with van der Waals surface area (Å²) in [5.74, 6) is -0.632. The van der Waals surface area contributed by atoms with E-state index in [1.165, 1.54) is 25.5 Å². The highest BCUT2D eigenvalue weighted by Crippen LogP contribution is 2.29. The number of piperidine rings is 1. The Morgan fingerprint density at radius 1 is 1.20 bits per heavy atom. The van der Waals surface area contributed by atoms with Crippen LogP contribution in [0.1, 0.15) is 54.1 Å². The number of ether oxygens (including phenoxy) is 1. The van der Waals surface area contributed by atoms with Crippen molar-refractivity contribution in [1.82, 2.24) is 24.0 Å². The molecule has 0 aliphatic carbocycles. The van der Waals surface area contributed by atoms with E-state index in [0.29, 0.717) is 24.4 Å². The lowest BCUT2D eigenvalue weighted by molar-refractivity contribution is 0.0601. The van der Waals surface area contributed by atoms with E-state index in [9.17, 15) is 13.6 Å². The maximum atomic E-state index is 13.8. The first kappa shape index (κ1) is 30.9. The fraction of sp³-hybridized carbons (Fsp3) is 0.375. The van der Waals surface area contributed by atoms with Crippen LogP contribution in [0.25, 0.3) is 11.0 Å². The Hall–Kier alpha value is -4.58. The maximum Gasteiger partial charge on any atom is 0.337 e. The second kappa shape index (κ2) is 13.8. The molecule has 0 saturated carbocycles. The number of imidazole rings is 2. The summed E-state index contributed by atoms with van der Waals surface area (Å²) in [6.45, 7) is 6.97. The molecule has 5 rings (SSSR count). The van der Waals surface area contributed by atoms with Gasteiger partial charge in [0.1, 0.15) is 24.1 Å². The van der Waals surface area contributed by atoms with Crippen molar-refractivity contribution in [3.8, 4) is 0 Å². The van der Waals surface area contributed by atoms with Crippen LogP contribution in [-0.2, 0) is 35.8 Å². The molecule has 1 saturated heterocycles. The second-order valence-electron chi connectivity index (χ2n) is 11.0. The topological polar surface area (TPSA) is 113 Å². The van der Waals surface area contributed by atoms with Crippen molar-refractivity contribution >= 4 is 23.2 Å². The lowest BCUT2D eigenvalue weighted by atomic mass is 9.89. The number of oxime groups is 1. The molecule has 2 aromatic carbocycles. The molecule has 44 heavy (non-hydrogen) atoms. The Labute approximate surface area is 254 Å². The SMILES string of the molecule is CCn1cncc1Cn1c(CN2CCC(/C(N)=C/C=N/OCc3ccc(F)cc3F)CC2C)nc2ccc(C(=O)OC)cc21. The molecular weight excluding hydrogens is 568 g/mol. The Bertz CT molecular complexity index is 1680. The summed E-state index contributed by atoms with van der Waals surface area (Å²) in [6, 6.07) is 8.99. The fourth-order valence-corrected chi connectivity index (χ4v) is 5.62. The van der Waals surface area contributed by atoms with E-state index in [0.717, 1.165) is 54.5 Å². The van der Waals surface area contributed by atoms with Gasteiger partial charge in [0.25, 0.3) is 0 Å². The average Bonchev–Trinajstić information content (AvgIpc) is 3.62. The molecule has 1 fully saturated rings. The number of aromatic nitrogens is 4. The number of nitrogens with zero attached hydrogens (tertiary/aromatic N) is 6. The molecule has 0 spiro atoms. The number of allylic oxidation sites excluding steroid dienone is 2. The number of benzene rings is 2. The first-order chi connectivity index (χ1) is 21.3. The van der Waals surface area contributed by atoms with Crippen molar-refractivity contribution in [3.63, 3.8) is 0 Å². The quantitative estimate of drug-likeness (QED) is 0.145. The number of carbonyl (C=O) groups is 1. The van der Waals surface area contributed by atoms with Gasteiger partial charge < -0.3 is 24.4 Å². The van der Waals surface area contributed by atoms with Crippen molar-refractivity contribution in [2.75, 3.05) is 13.7 Å². The lowest BCUT2D eigenvalue weighted by Gasteiger charge is -2.37. The summed E-state index contributed by atoms with van der Waals surface area (Å²) >= 11 is 0. The minimum Gasteiger partial charge on any atom is -0.465 e. The highest BCUT2D eigenvalue weighted by molar-refractivity contribution is 5.93. The molecule has 2 unspecified atom stereocenters. The van der Waals surface area contributed by atoms with E-state index in [1.54, 1.807) is 12.1 Å². The molecule has 0 radical (unpaired) electrons. The summed E-state index contributed by atoms with van der Waals surface area (Å²) in [7, 11) is 1.38. The van der Waals surface area contributed by atoms with Gasteiger partial charge in [-0.1, -0.05) is 5.16 Å². The van der Waals surface area contributed by atoms with Crippen molar-refractivity contribution < 1.29 is 23.1 Å². The van der Waals surface area contributed by atoms with E-state index in [4.69, 9.17) is 20.3 Å². The van der Waals surface area contributed by atoms with Crippen LogP contribution >= 0.6 is 0 Å². The zero-order valence-electron chi connectivity index (χ0n) is 25.1. The average molecular weight is 606 g/mol. The number of fused-ring (bicyclic) bond motifs is 1. The van der Waals surface area contributed by atoms with Gasteiger partial charge in [-0.2, -0.15) is 0 Å². The van der Waals surface area contributed by atoms with Crippen molar-refractivity contribution in [3.05, 3.63) is 95.0 Å². The van der Waals surface area contributed by atoms with Crippen LogP contribution in [0.2, 0.25) is 0 Å². The molecule has 2 N–H and O–H groups in total. The minimum absolute atomic E-state index is 0.110. The first-order valence-electron chi connectivity index (χ1n) is 14.6. The first-order valence-corrected chi connectivity index (χ1v) is 14.6. The summed E-state index contributed by atoms with van der Waals surface area (Å²) in [5.41, 5.74) is 10.5. The molecule has 2 aromatic heterocycles. The van der Waals surface area contributed by atoms with Gasteiger partial charge in [0, 0.05) is 42.0 Å². The molecule has 0 amide bonds. The predicted octanol–water partition coefficient (Wildman–Crippen LogP) is 5.01. The molecule has 10 nitrogen and oxygen atoms in total. The smallest absolute Gasteiger partial charge is 0.337 e. The third-order valence-electron chi connectivity index (χ3n) is 8.17. The zero-order chi connectivity index (χ0) is 31.2. The van der Waals surface area contributed by atoms with E-state index in [-0.39, 0.29) is 30.1 Å². The van der Waals surface area contributed by atoms with Crippen molar-refractivity contribution in [2.24, 2.45) is 16.8 Å². The normalized spacial score (nSPS) is 17.9. The number of nitrogens with two attached hydrogens (primary N) is 1. The number of esters is 1. The molecule has 1 aliphatic heterocycles. The number of rotatable bonds is 11. The fourth-order valence-electron chi connectivity index (χ4n) is 5.62. The van der Waals surface area contributed by atoms with Gasteiger partial charge >= 0.3 is 5.97 Å². The number of halogens is 2. The summed E-state index contributed by atoms with van der Waals surface area (Å²) in [5, 5.41) is 3.85. The van der Waals surface area contributed by atoms with Crippen LogP contribution in [0.5, 0.6) is 0 Å². The van der Waals surface area contributed by atoms with Crippen molar-refractivity contribution in [1.29, 1.82) is 0 Å². The largest absolute Gasteiger partial charge is 0.465 e. The number of carbonyl (C=O) groups excluding carboxylic acids is 1. The van der Waals surface area contributed by atoms with E-state index < -0.39 is 11.6 Å². The third-order valence-corrected chi connectivity index (χ3v) is 8.17. The molecule has 4 aromatic rings. The van der Waals surface area contributed by atoms with Gasteiger partial charge in [-0.15, -0.1) is 0 Å². The molecule has 232 valence electrons. The Kier molecular flexibility index (Phi) is 9.69. The summed E-state index contributed by atoms with van der Waals surface area (Å²) < 4.78 is 36.0. The van der Waals surface area contributed by atoms with Crippen LogP contribution in [0, 0.1) is 17.6 Å². The summed E-state index contributed by atoms with van der Waals surface area (Å²) in [4.78, 5) is 29.1.